The zero-order valence-electron chi connectivity index (χ0n) is 7.18. The summed E-state index contributed by atoms with van der Waals surface area (Å²) in [6.07, 6.45) is -3.51. The highest BCUT2D eigenvalue weighted by Gasteiger charge is 2.20. The zero-order chi connectivity index (χ0) is 11.6. The molecule has 0 aliphatic rings. The molecule has 0 aromatic carbocycles. The van der Waals surface area contributed by atoms with Crippen LogP contribution in [0.15, 0.2) is 10.7 Å². The van der Waals surface area contributed by atoms with Crippen molar-refractivity contribution in [2.45, 2.75) is 12.8 Å². The van der Waals surface area contributed by atoms with Gasteiger partial charge in [-0.25, -0.2) is 18.2 Å². The molecule has 0 unspecified atom stereocenters. The molecule has 1 N–H and O–H groups in total. The van der Waals surface area contributed by atoms with Crippen LogP contribution in [0.5, 0.6) is 0 Å². The molecule has 1 heterocycles. The van der Waals surface area contributed by atoms with Gasteiger partial charge in [0.1, 0.15) is 10.4 Å². The lowest BCUT2D eigenvalue weighted by Gasteiger charge is -2.06. The second-order valence-electron chi connectivity index (χ2n) is 2.67. The van der Waals surface area contributed by atoms with E-state index in [4.69, 9.17) is 5.11 Å². The van der Waals surface area contributed by atoms with Gasteiger partial charge in [-0.3, -0.25) is 4.79 Å². The second-order valence-corrected chi connectivity index (χ2v) is 3.42. The molecule has 0 spiro atoms. The number of nitrogens with zero attached hydrogens (tertiary/aromatic N) is 1. The molecular weight excluding hydrogens is 279 g/mol. The molecule has 7 heteroatoms. The lowest BCUT2D eigenvalue weighted by atomic mass is 10.2. The van der Waals surface area contributed by atoms with Crippen LogP contribution in [-0.4, -0.2) is 16.1 Å². The number of halogens is 4. The molecular formula is C8H5BrF3NO2. The van der Waals surface area contributed by atoms with E-state index in [-0.39, 0.29) is 10.3 Å². The lowest BCUT2D eigenvalue weighted by Crippen LogP contribution is -2.05. The number of aliphatic carboxylic acids is 1. The van der Waals surface area contributed by atoms with Gasteiger partial charge in [-0.1, -0.05) is 0 Å². The molecule has 1 aromatic heterocycles. The first-order valence-electron chi connectivity index (χ1n) is 3.76. The third-order valence-corrected chi connectivity index (χ3v) is 2.17. The van der Waals surface area contributed by atoms with Crippen LogP contribution in [0.2, 0.25) is 0 Å². The molecule has 0 radical (unpaired) electrons. The predicted molar refractivity (Wildman–Crippen MR) is 48.2 cm³/mol. The monoisotopic (exact) mass is 283 g/mol. The molecule has 0 fully saturated rings. The number of alkyl halides is 2. The van der Waals surface area contributed by atoms with E-state index < -0.39 is 30.2 Å². The first kappa shape index (κ1) is 12.0. The van der Waals surface area contributed by atoms with Crippen LogP contribution >= 0.6 is 15.9 Å². The Morgan fingerprint density at radius 2 is 2.20 bits per heavy atom. The van der Waals surface area contributed by atoms with Crippen molar-refractivity contribution in [1.29, 1.82) is 0 Å². The highest BCUT2D eigenvalue weighted by molar-refractivity contribution is 9.10. The molecule has 1 rings (SSSR count). The minimum atomic E-state index is -2.99. The van der Waals surface area contributed by atoms with Crippen LogP contribution in [-0.2, 0) is 11.2 Å². The molecule has 0 saturated carbocycles. The average molecular weight is 284 g/mol. The Hall–Kier alpha value is -1.11. The smallest absolute Gasteiger partial charge is 0.309 e. The molecule has 15 heavy (non-hydrogen) atoms. The maximum Gasteiger partial charge on any atom is 0.309 e. The number of hydrogen-bond donors (Lipinski definition) is 1. The number of carbonyl (C=O) groups is 1. The van der Waals surface area contributed by atoms with Crippen molar-refractivity contribution < 1.29 is 23.1 Å². The van der Waals surface area contributed by atoms with E-state index in [9.17, 15) is 18.0 Å². The van der Waals surface area contributed by atoms with Crippen LogP contribution in [0.25, 0.3) is 0 Å². The SMILES string of the molecule is O=C(O)Cc1cc(F)c(C(F)F)c(Br)n1. The summed E-state index contributed by atoms with van der Waals surface area (Å²) >= 11 is 2.66. The Morgan fingerprint density at radius 1 is 1.60 bits per heavy atom. The highest BCUT2D eigenvalue weighted by atomic mass is 79.9. The van der Waals surface area contributed by atoms with Gasteiger partial charge in [-0.2, -0.15) is 0 Å². The van der Waals surface area contributed by atoms with E-state index >= 15 is 0 Å². The maximum absolute atomic E-state index is 13.1. The zero-order valence-corrected chi connectivity index (χ0v) is 8.76. The predicted octanol–water partition coefficient (Wildman–Crippen LogP) is 2.55. The second kappa shape index (κ2) is 4.61. The van der Waals surface area contributed by atoms with Gasteiger partial charge in [0.25, 0.3) is 6.43 Å². The summed E-state index contributed by atoms with van der Waals surface area (Å²) in [6.45, 7) is 0. The van der Waals surface area contributed by atoms with Gasteiger partial charge in [0.2, 0.25) is 0 Å². The van der Waals surface area contributed by atoms with E-state index in [0.717, 1.165) is 0 Å². The van der Waals surface area contributed by atoms with Gasteiger partial charge < -0.3 is 5.11 Å². The van der Waals surface area contributed by atoms with Crippen molar-refractivity contribution in [1.82, 2.24) is 4.98 Å². The van der Waals surface area contributed by atoms with Gasteiger partial charge in [0.05, 0.1) is 17.7 Å². The minimum Gasteiger partial charge on any atom is -0.481 e. The Bertz CT molecular complexity index is 374. The Balaban J connectivity index is 3.13. The van der Waals surface area contributed by atoms with Crippen LogP contribution in [0.4, 0.5) is 13.2 Å². The third kappa shape index (κ3) is 2.92. The summed E-state index contributed by atoms with van der Waals surface area (Å²) in [4.78, 5) is 13.8. The van der Waals surface area contributed by atoms with Crippen LogP contribution in [0, 0.1) is 5.82 Å². The Labute approximate surface area is 91.1 Å². The molecule has 0 atom stereocenters. The van der Waals surface area contributed by atoms with Gasteiger partial charge in [0.15, 0.2) is 0 Å². The fourth-order valence-corrected chi connectivity index (χ4v) is 1.57. The summed E-state index contributed by atoms with van der Waals surface area (Å²) in [5.41, 5.74) is -0.972. The minimum absolute atomic E-state index is 0.115. The van der Waals surface area contributed by atoms with Gasteiger partial charge >= 0.3 is 5.97 Å². The van der Waals surface area contributed by atoms with Crippen LogP contribution in [0.3, 0.4) is 0 Å². The van der Waals surface area contributed by atoms with Crippen molar-refractivity contribution in [2.24, 2.45) is 0 Å². The van der Waals surface area contributed by atoms with Crippen molar-refractivity contribution >= 4 is 21.9 Å². The first-order valence-corrected chi connectivity index (χ1v) is 4.56. The molecule has 0 saturated heterocycles. The summed E-state index contributed by atoms with van der Waals surface area (Å²) in [5, 5.41) is 8.40. The third-order valence-electron chi connectivity index (χ3n) is 1.57. The summed E-state index contributed by atoms with van der Waals surface area (Å²) in [6, 6.07) is 0.695. The average Bonchev–Trinajstić information content (AvgIpc) is 1.99. The number of hydrogen-bond acceptors (Lipinski definition) is 2. The topological polar surface area (TPSA) is 50.2 Å². The van der Waals surface area contributed by atoms with Crippen molar-refractivity contribution in [3.8, 4) is 0 Å². The van der Waals surface area contributed by atoms with E-state index in [0.29, 0.717) is 6.07 Å². The maximum atomic E-state index is 13.1. The Morgan fingerprint density at radius 3 is 2.60 bits per heavy atom. The van der Waals surface area contributed by atoms with Gasteiger partial charge in [0, 0.05) is 0 Å². The quantitative estimate of drug-likeness (QED) is 0.868. The molecule has 0 aliphatic carbocycles. The van der Waals surface area contributed by atoms with Crippen LogP contribution < -0.4 is 0 Å². The van der Waals surface area contributed by atoms with Crippen LogP contribution in [0.1, 0.15) is 17.7 Å². The number of carboxylic acids is 1. The molecule has 0 amide bonds. The normalized spacial score (nSPS) is 10.7. The van der Waals surface area contributed by atoms with E-state index in [1.165, 1.54) is 0 Å². The fraction of sp³-hybridized carbons (Fsp3) is 0.250. The standard InChI is InChI=1S/C8H5BrF3NO2/c9-7-6(8(11)12)4(10)1-3(13-7)2-5(14)15/h1,8H,2H2,(H,14,15). The summed E-state index contributed by atoms with van der Waals surface area (Å²) in [5.74, 6) is -2.37. The van der Waals surface area contributed by atoms with Gasteiger partial charge in [-0.05, 0) is 22.0 Å². The largest absolute Gasteiger partial charge is 0.481 e. The lowest BCUT2D eigenvalue weighted by molar-refractivity contribution is -0.136. The number of aromatic nitrogens is 1. The fourth-order valence-electron chi connectivity index (χ4n) is 0.981. The van der Waals surface area contributed by atoms with E-state index in [1.54, 1.807) is 0 Å². The molecule has 3 nitrogen and oxygen atoms in total. The van der Waals surface area contributed by atoms with Crippen molar-refractivity contribution in [3.05, 3.63) is 27.7 Å². The molecule has 82 valence electrons. The number of pyridine rings is 1. The van der Waals surface area contributed by atoms with Gasteiger partial charge in [-0.15, -0.1) is 0 Å². The summed E-state index contributed by atoms with van der Waals surface area (Å²) in [7, 11) is 0. The first-order chi connectivity index (χ1) is 6.91. The molecule has 0 bridgehead atoms. The number of carboxylic acid groups (broad SMARTS) is 1. The van der Waals surface area contributed by atoms with Crippen molar-refractivity contribution in [2.75, 3.05) is 0 Å². The Kier molecular flexibility index (Phi) is 3.67. The summed E-state index contributed by atoms with van der Waals surface area (Å²) < 4.78 is 37.2. The number of rotatable bonds is 3. The molecule has 0 aliphatic heterocycles. The van der Waals surface area contributed by atoms with E-state index in [1.807, 2.05) is 0 Å². The van der Waals surface area contributed by atoms with Crippen molar-refractivity contribution in [3.63, 3.8) is 0 Å². The van der Waals surface area contributed by atoms with E-state index in [2.05, 4.69) is 20.9 Å². The highest BCUT2D eigenvalue weighted by Crippen LogP contribution is 2.28. The molecule has 1 aromatic rings.